The summed E-state index contributed by atoms with van der Waals surface area (Å²) in [5.41, 5.74) is 1.00. The molecule has 50 valence electrons. The van der Waals surface area contributed by atoms with E-state index in [4.69, 9.17) is 5.11 Å². The Morgan fingerprint density at radius 3 is 3.30 bits per heavy atom. The Kier molecular flexibility index (Phi) is 0.974. The van der Waals surface area contributed by atoms with Crippen molar-refractivity contribution in [2.75, 3.05) is 0 Å². The lowest BCUT2D eigenvalue weighted by Gasteiger charge is -1.94. The van der Waals surface area contributed by atoms with Crippen LogP contribution >= 0.6 is 0 Å². The Morgan fingerprint density at radius 1 is 1.50 bits per heavy atom. The molecular formula is C7H6N2O. The lowest BCUT2D eigenvalue weighted by atomic mass is 10.2. The van der Waals surface area contributed by atoms with Gasteiger partial charge in [-0.05, 0) is 6.07 Å². The zero-order valence-corrected chi connectivity index (χ0v) is 5.28. The lowest BCUT2D eigenvalue weighted by molar-refractivity contribution is 0.472. The first-order valence-corrected chi connectivity index (χ1v) is 3.07. The minimum absolute atomic E-state index is 0.212. The van der Waals surface area contributed by atoms with E-state index in [1.807, 2.05) is 0 Å². The number of hydrogen-bond donors (Lipinski definition) is 1. The van der Waals surface area contributed by atoms with Crippen molar-refractivity contribution in [3.05, 3.63) is 17.8 Å². The summed E-state index contributed by atoms with van der Waals surface area (Å²) in [7, 11) is 0. The molecule has 2 rings (SSSR count). The van der Waals surface area contributed by atoms with Gasteiger partial charge in [0, 0.05) is 18.2 Å². The molecule has 0 atom stereocenters. The van der Waals surface area contributed by atoms with Crippen molar-refractivity contribution in [3.8, 4) is 5.75 Å². The zero-order valence-electron chi connectivity index (χ0n) is 5.28. The molecule has 1 aliphatic heterocycles. The van der Waals surface area contributed by atoms with Crippen molar-refractivity contribution >= 4 is 12.0 Å². The average Bonchev–Trinajstić information content (AvgIpc) is 2.33. The van der Waals surface area contributed by atoms with Gasteiger partial charge in [0.2, 0.25) is 0 Å². The van der Waals surface area contributed by atoms with Crippen molar-refractivity contribution in [2.24, 2.45) is 4.99 Å². The SMILES string of the molecule is Oc1cnc2c(c1)CC=N2. The second-order valence-electron chi connectivity index (χ2n) is 2.19. The van der Waals surface area contributed by atoms with Gasteiger partial charge in [0.25, 0.3) is 0 Å². The molecule has 3 nitrogen and oxygen atoms in total. The molecule has 0 amide bonds. The Balaban J connectivity index is 2.59. The first-order valence-electron chi connectivity index (χ1n) is 3.07. The molecule has 1 N–H and O–H groups in total. The molecule has 1 aromatic rings. The summed E-state index contributed by atoms with van der Waals surface area (Å²) in [4.78, 5) is 7.90. The molecule has 1 aliphatic rings. The predicted molar refractivity (Wildman–Crippen MR) is 37.8 cm³/mol. The van der Waals surface area contributed by atoms with E-state index in [1.165, 1.54) is 6.20 Å². The van der Waals surface area contributed by atoms with Gasteiger partial charge in [-0.25, -0.2) is 9.98 Å². The molecule has 1 aromatic heterocycles. The van der Waals surface area contributed by atoms with E-state index in [0.717, 1.165) is 17.8 Å². The first-order chi connectivity index (χ1) is 4.86. The highest BCUT2D eigenvalue weighted by Gasteiger charge is 2.06. The van der Waals surface area contributed by atoms with Gasteiger partial charge in [-0.1, -0.05) is 0 Å². The Labute approximate surface area is 58.1 Å². The zero-order chi connectivity index (χ0) is 6.97. The highest BCUT2D eigenvalue weighted by molar-refractivity contribution is 5.73. The normalized spacial score (nSPS) is 13.6. The number of pyridine rings is 1. The van der Waals surface area contributed by atoms with Crippen molar-refractivity contribution in [1.82, 2.24) is 4.98 Å². The maximum Gasteiger partial charge on any atom is 0.155 e. The molecule has 0 radical (unpaired) electrons. The number of aromatic nitrogens is 1. The van der Waals surface area contributed by atoms with Crippen LogP contribution in [0.4, 0.5) is 5.82 Å². The van der Waals surface area contributed by atoms with Gasteiger partial charge < -0.3 is 5.11 Å². The molecule has 2 heterocycles. The highest BCUT2D eigenvalue weighted by Crippen LogP contribution is 2.23. The summed E-state index contributed by atoms with van der Waals surface area (Å²) in [6.07, 6.45) is 3.98. The second-order valence-corrected chi connectivity index (χ2v) is 2.19. The van der Waals surface area contributed by atoms with E-state index in [9.17, 15) is 0 Å². The Morgan fingerprint density at radius 2 is 2.40 bits per heavy atom. The van der Waals surface area contributed by atoms with Crippen LogP contribution in [0.2, 0.25) is 0 Å². The van der Waals surface area contributed by atoms with E-state index in [2.05, 4.69) is 9.98 Å². The average molecular weight is 134 g/mol. The number of aromatic hydroxyl groups is 1. The first kappa shape index (κ1) is 5.41. The van der Waals surface area contributed by atoms with Gasteiger partial charge in [0.05, 0.1) is 6.20 Å². The fourth-order valence-electron chi connectivity index (χ4n) is 0.987. The Bertz CT molecular complexity index is 294. The molecule has 0 bridgehead atoms. The number of fused-ring (bicyclic) bond motifs is 1. The number of rotatable bonds is 0. The maximum absolute atomic E-state index is 8.98. The van der Waals surface area contributed by atoms with Crippen LogP contribution in [-0.2, 0) is 6.42 Å². The lowest BCUT2D eigenvalue weighted by Crippen LogP contribution is -1.80. The van der Waals surface area contributed by atoms with Crippen molar-refractivity contribution in [3.63, 3.8) is 0 Å². The van der Waals surface area contributed by atoms with Crippen molar-refractivity contribution in [1.29, 1.82) is 0 Å². The van der Waals surface area contributed by atoms with Crippen LogP contribution in [0.3, 0.4) is 0 Å². The fourth-order valence-corrected chi connectivity index (χ4v) is 0.987. The topological polar surface area (TPSA) is 45.5 Å². The molecule has 0 saturated heterocycles. The molecular weight excluding hydrogens is 128 g/mol. The van der Waals surface area contributed by atoms with Crippen molar-refractivity contribution < 1.29 is 5.11 Å². The summed E-state index contributed by atoms with van der Waals surface area (Å²) in [5.74, 6) is 0.946. The molecule has 3 heteroatoms. The maximum atomic E-state index is 8.98. The van der Waals surface area contributed by atoms with Gasteiger partial charge >= 0.3 is 0 Å². The molecule has 0 fully saturated rings. The van der Waals surface area contributed by atoms with Crippen LogP contribution in [0.5, 0.6) is 5.75 Å². The standard InChI is InChI=1S/C7H6N2O/c10-6-3-5-1-2-8-7(5)9-4-6/h2-4,10H,1H2. The van der Waals surface area contributed by atoms with Crippen LogP contribution in [0.15, 0.2) is 17.3 Å². The van der Waals surface area contributed by atoms with Crippen LogP contribution in [-0.4, -0.2) is 16.3 Å². The van der Waals surface area contributed by atoms with Gasteiger partial charge in [0.1, 0.15) is 5.75 Å². The van der Waals surface area contributed by atoms with E-state index < -0.39 is 0 Å². The van der Waals surface area contributed by atoms with Crippen LogP contribution in [0.25, 0.3) is 0 Å². The summed E-state index contributed by atoms with van der Waals surface area (Å²) in [6.45, 7) is 0. The third-order valence-corrected chi connectivity index (χ3v) is 1.45. The van der Waals surface area contributed by atoms with E-state index in [-0.39, 0.29) is 5.75 Å². The van der Waals surface area contributed by atoms with E-state index >= 15 is 0 Å². The third kappa shape index (κ3) is 0.673. The van der Waals surface area contributed by atoms with Crippen LogP contribution in [0.1, 0.15) is 5.56 Å². The molecule has 0 unspecified atom stereocenters. The van der Waals surface area contributed by atoms with Crippen molar-refractivity contribution in [2.45, 2.75) is 6.42 Å². The summed E-state index contributed by atoms with van der Waals surface area (Å²) in [5, 5.41) is 8.98. The monoisotopic (exact) mass is 134 g/mol. The number of hydrogen-bond acceptors (Lipinski definition) is 3. The summed E-state index contributed by atoms with van der Waals surface area (Å²) < 4.78 is 0. The van der Waals surface area contributed by atoms with Crippen LogP contribution in [0, 0.1) is 0 Å². The number of aliphatic imine (C=N–C) groups is 1. The summed E-state index contributed by atoms with van der Waals surface area (Å²) in [6, 6.07) is 1.69. The highest BCUT2D eigenvalue weighted by atomic mass is 16.3. The third-order valence-electron chi connectivity index (χ3n) is 1.45. The predicted octanol–water partition coefficient (Wildman–Crippen LogP) is 1.05. The largest absolute Gasteiger partial charge is 0.506 e. The van der Waals surface area contributed by atoms with Gasteiger partial charge in [-0.15, -0.1) is 0 Å². The molecule has 0 spiro atoms. The Hall–Kier alpha value is -1.38. The van der Waals surface area contributed by atoms with Crippen LogP contribution < -0.4 is 0 Å². The molecule has 0 saturated carbocycles. The minimum Gasteiger partial charge on any atom is -0.506 e. The molecule has 10 heavy (non-hydrogen) atoms. The minimum atomic E-state index is 0.212. The smallest absolute Gasteiger partial charge is 0.155 e. The molecule has 0 aromatic carbocycles. The number of nitrogens with zero attached hydrogens (tertiary/aromatic N) is 2. The molecule has 0 aliphatic carbocycles. The van der Waals surface area contributed by atoms with Gasteiger partial charge in [0.15, 0.2) is 5.82 Å². The van der Waals surface area contributed by atoms with Gasteiger partial charge in [-0.3, -0.25) is 0 Å². The van der Waals surface area contributed by atoms with E-state index in [1.54, 1.807) is 12.3 Å². The summed E-state index contributed by atoms with van der Waals surface area (Å²) >= 11 is 0. The fraction of sp³-hybridized carbons (Fsp3) is 0.143. The second kappa shape index (κ2) is 1.80. The van der Waals surface area contributed by atoms with Gasteiger partial charge in [-0.2, -0.15) is 0 Å². The quantitative estimate of drug-likeness (QED) is 0.576. The van der Waals surface area contributed by atoms with E-state index in [0.29, 0.717) is 0 Å².